The van der Waals surface area contributed by atoms with Crippen LogP contribution in [0.25, 0.3) is 0 Å². The van der Waals surface area contributed by atoms with Gasteiger partial charge < -0.3 is 9.53 Å². The van der Waals surface area contributed by atoms with Crippen LogP contribution in [0.4, 0.5) is 0 Å². The number of ether oxygens (including phenoxy) is 1. The van der Waals surface area contributed by atoms with Crippen LogP contribution in [0.2, 0.25) is 0 Å². The van der Waals surface area contributed by atoms with Crippen LogP contribution in [-0.2, 0) is 14.3 Å². The Labute approximate surface area is 133 Å². The summed E-state index contributed by atoms with van der Waals surface area (Å²) in [5.74, 6) is 0.219. The standard InChI is InChI=1S/C19H26O3/c1-13(2)16-10-9-14(3)11-18(16)22-19(21)17(12-20)15-7-5-4-6-8-15/h4-8,12-14,16-18H,9-11H2,1-3H3/t14-,16+,17+,18-/m1/s1. The summed E-state index contributed by atoms with van der Waals surface area (Å²) in [4.78, 5) is 23.8. The van der Waals surface area contributed by atoms with Crippen molar-refractivity contribution >= 4 is 12.3 Å². The Morgan fingerprint density at radius 1 is 1.23 bits per heavy atom. The monoisotopic (exact) mass is 302 g/mol. The fourth-order valence-corrected chi connectivity index (χ4v) is 3.40. The molecule has 1 aromatic carbocycles. The Bertz CT molecular complexity index is 495. The van der Waals surface area contributed by atoms with Gasteiger partial charge in [0.25, 0.3) is 0 Å². The molecule has 4 atom stereocenters. The summed E-state index contributed by atoms with van der Waals surface area (Å²) in [6.07, 6.45) is 3.80. The normalized spacial score (nSPS) is 26.5. The Balaban J connectivity index is 2.09. The van der Waals surface area contributed by atoms with Gasteiger partial charge in [0, 0.05) is 0 Å². The van der Waals surface area contributed by atoms with Gasteiger partial charge in [0.05, 0.1) is 0 Å². The summed E-state index contributed by atoms with van der Waals surface area (Å²) in [5.41, 5.74) is 0.701. The lowest BCUT2D eigenvalue weighted by Gasteiger charge is -2.37. The molecule has 0 bridgehead atoms. The van der Waals surface area contributed by atoms with Crippen molar-refractivity contribution in [2.45, 2.75) is 52.1 Å². The molecule has 0 heterocycles. The first-order valence-corrected chi connectivity index (χ1v) is 8.23. The van der Waals surface area contributed by atoms with Crippen LogP contribution in [0.3, 0.4) is 0 Å². The average Bonchev–Trinajstić information content (AvgIpc) is 2.48. The number of esters is 1. The van der Waals surface area contributed by atoms with Crippen LogP contribution >= 0.6 is 0 Å². The smallest absolute Gasteiger partial charge is 0.320 e. The molecule has 0 aliphatic heterocycles. The van der Waals surface area contributed by atoms with Crippen molar-refractivity contribution in [2.24, 2.45) is 17.8 Å². The maximum atomic E-state index is 12.5. The maximum absolute atomic E-state index is 12.5. The van der Waals surface area contributed by atoms with Gasteiger partial charge in [-0.3, -0.25) is 4.79 Å². The molecular weight excluding hydrogens is 276 g/mol. The van der Waals surface area contributed by atoms with Gasteiger partial charge in [0.1, 0.15) is 18.3 Å². The number of rotatable bonds is 5. The lowest BCUT2D eigenvalue weighted by Crippen LogP contribution is -2.37. The summed E-state index contributed by atoms with van der Waals surface area (Å²) in [7, 11) is 0. The van der Waals surface area contributed by atoms with Gasteiger partial charge in [-0.05, 0) is 36.2 Å². The van der Waals surface area contributed by atoms with Gasteiger partial charge in [-0.2, -0.15) is 0 Å². The van der Waals surface area contributed by atoms with E-state index in [2.05, 4.69) is 20.8 Å². The highest BCUT2D eigenvalue weighted by molar-refractivity contribution is 5.94. The summed E-state index contributed by atoms with van der Waals surface area (Å²) in [6.45, 7) is 6.55. The second-order valence-electron chi connectivity index (χ2n) is 6.83. The van der Waals surface area contributed by atoms with E-state index in [0.29, 0.717) is 29.6 Å². The van der Waals surface area contributed by atoms with E-state index >= 15 is 0 Å². The molecule has 0 saturated heterocycles. The molecule has 0 spiro atoms. The molecule has 2 rings (SSSR count). The van der Waals surface area contributed by atoms with Crippen molar-refractivity contribution in [1.82, 2.24) is 0 Å². The molecule has 3 heteroatoms. The first-order valence-electron chi connectivity index (χ1n) is 8.23. The van der Waals surface area contributed by atoms with Gasteiger partial charge in [0.15, 0.2) is 0 Å². The minimum absolute atomic E-state index is 0.0672. The highest BCUT2D eigenvalue weighted by Gasteiger charge is 2.35. The first kappa shape index (κ1) is 16.7. The molecule has 0 amide bonds. The number of hydrogen-bond donors (Lipinski definition) is 0. The van der Waals surface area contributed by atoms with Crippen molar-refractivity contribution in [1.29, 1.82) is 0 Å². The SMILES string of the molecule is CC(C)[C@@H]1CC[C@@H](C)C[C@H]1OC(=O)[C@@H](C=O)c1ccccc1. The van der Waals surface area contributed by atoms with E-state index in [4.69, 9.17) is 4.74 Å². The summed E-state index contributed by atoms with van der Waals surface area (Å²) < 4.78 is 5.77. The molecule has 3 nitrogen and oxygen atoms in total. The molecule has 0 N–H and O–H groups in total. The van der Waals surface area contributed by atoms with E-state index in [9.17, 15) is 9.59 Å². The molecule has 22 heavy (non-hydrogen) atoms. The van der Waals surface area contributed by atoms with Crippen LogP contribution < -0.4 is 0 Å². The molecule has 1 saturated carbocycles. The van der Waals surface area contributed by atoms with Crippen molar-refractivity contribution in [2.75, 3.05) is 0 Å². The molecule has 1 fully saturated rings. The van der Waals surface area contributed by atoms with Crippen molar-refractivity contribution < 1.29 is 14.3 Å². The fraction of sp³-hybridized carbons (Fsp3) is 0.579. The zero-order valence-electron chi connectivity index (χ0n) is 13.7. The molecule has 1 aliphatic carbocycles. The summed E-state index contributed by atoms with van der Waals surface area (Å²) in [5, 5.41) is 0. The van der Waals surface area contributed by atoms with Gasteiger partial charge in [-0.1, -0.05) is 57.5 Å². The van der Waals surface area contributed by atoms with E-state index in [0.717, 1.165) is 12.8 Å². The minimum Gasteiger partial charge on any atom is -0.461 e. The van der Waals surface area contributed by atoms with Crippen LogP contribution in [0, 0.1) is 17.8 Å². The van der Waals surface area contributed by atoms with E-state index in [1.54, 1.807) is 12.1 Å². The van der Waals surface area contributed by atoms with Gasteiger partial charge in [0.2, 0.25) is 0 Å². The third-order valence-electron chi connectivity index (χ3n) is 4.78. The second kappa shape index (κ2) is 7.57. The largest absolute Gasteiger partial charge is 0.461 e. The van der Waals surface area contributed by atoms with Gasteiger partial charge in [-0.25, -0.2) is 0 Å². The molecule has 1 aliphatic rings. The average molecular weight is 302 g/mol. The Hall–Kier alpha value is -1.64. The van der Waals surface area contributed by atoms with Crippen LogP contribution in [0.1, 0.15) is 51.5 Å². The van der Waals surface area contributed by atoms with Crippen LogP contribution in [-0.4, -0.2) is 18.4 Å². The highest BCUT2D eigenvalue weighted by Crippen LogP contribution is 2.36. The highest BCUT2D eigenvalue weighted by atomic mass is 16.5. The topological polar surface area (TPSA) is 43.4 Å². The van der Waals surface area contributed by atoms with Gasteiger partial charge >= 0.3 is 5.97 Å². The van der Waals surface area contributed by atoms with Gasteiger partial charge in [-0.15, -0.1) is 0 Å². The maximum Gasteiger partial charge on any atom is 0.320 e. The number of carbonyl (C=O) groups is 2. The van der Waals surface area contributed by atoms with E-state index < -0.39 is 11.9 Å². The minimum atomic E-state index is -0.814. The molecule has 1 aromatic rings. The number of carbonyl (C=O) groups excluding carboxylic acids is 2. The Kier molecular flexibility index (Phi) is 5.76. The summed E-state index contributed by atoms with van der Waals surface area (Å²) in [6, 6.07) is 9.12. The predicted molar refractivity (Wildman–Crippen MR) is 86.5 cm³/mol. The van der Waals surface area contributed by atoms with Crippen molar-refractivity contribution in [3.05, 3.63) is 35.9 Å². The molecule has 0 radical (unpaired) electrons. The van der Waals surface area contributed by atoms with Crippen molar-refractivity contribution in [3.63, 3.8) is 0 Å². The first-order chi connectivity index (χ1) is 10.5. The third kappa shape index (κ3) is 3.96. The molecule has 0 aromatic heterocycles. The zero-order chi connectivity index (χ0) is 16.1. The molecular formula is C19H26O3. The van der Waals surface area contributed by atoms with E-state index in [-0.39, 0.29) is 6.10 Å². The van der Waals surface area contributed by atoms with Crippen LogP contribution in [0.5, 0.6) is 0 Å². The van der Waals surface area contributed by atoms with Crippen LogP contribution in [0.15, 0.2) is 30.3 Å². The van der Waals surface area contributed by atoms with E-state index in [1.807, 2.05) is 18.2 Å². The van der Waals surface area contributed by atoms with Crippen molar-refractivity contribution in [3.8, 4) is 0 Å². The molecule has 120 valence electrons. The quantitative estimate of drug-likeness (QED) is 0.469. The lowest BCUT2D eigenvalue weighted by atomic mass is 9.75. The number of hydrogen-bond acceptors (Lipinski definition) is 3. The second-order valence-corrected chi connectivity index (χ2v) is 6.83. The number of aldehydes is 1. The zero-order valence-corrected chi connectivity index (χ0v) is 13.7. The number of benzene rings is 1. The fourth-order valence-electron chi connectivity index (χ4n) is 3.40. The Morgan fingerprint density at radius 3 is 2.50 bits per heavy atom. The predicted octanol–water partition coefficient (Wildman–Crippen LogP) is 3.97. The lowest BCUT2D eigenvalue weighted by molar-refractivity contribution is -0.158. The van der Waals surface area contributed by atoms with E-state index in [1.165, 1.54) is 6.42 Å². The molecule has 0 unspecified atom stereocenters. The third-order valence-corrected chi connectivity index (χ3v) is 4.78. The Morgan fingerprint density at radius 2 is 1.91 bits per heavy atom. The summed E-state index contributed by atoms with van der Waals surface area (Å²) >= 11 is 0.